The molecule has 2 aliphatic heterocycles. The first-order valence-electron chi connectivity index (χ1n) is 9.90. The standard InChI is InChI=1S/C20H28N6O/c1-14-11-15(2)23-20(22-14)25-19-13-21-12-18(24-19)16-3-7-26(8-4-16)17-5-9-27-10-6-17/h11-13,16-17H,3-10H2,1-2H3,(H,22,23,24,25). The van der Waals surface area contributed by atoms with Gasteiger partial charge in [-0.1, -0.05) is 0 Å². The van der Waals surface area contributed by atoms with Crippen LogP contribution in [0.5, 0.6) is 0 Å². The lowest BCUT2D eigenvalue weighted by molar-refractivity contribution is 0.0250. The van der Waals surface area contributed by atoms with Crippen LogP contribution < -0.4 is 5.32 Å². The SMILES string of the molecule is Cc1cc(C)nc(Nc2cncc(C3CCN(C4CCOCC4)CC3)n2)n1. The molecule has 4 heterocycles. The van der Waals surface area contributed by atoms with Crippen molar-refractivity contribution in [1.29, 1.82) is 0 Å². The van der Waals surface area contributed by atoms with Crippen molar-refractivity contribution in [2.24, 2.45) is 0 Å². The number of anilines is 2. The van der Waals surface area contributed by atoms with Crippen molar-refractivity contribution in [3.05, 3.63) is 35.5 Å². The number of rotatable bonds is 4. The lowest BCUT2D eigenvalue weighted by Crippen LogP contribution is -2.43. The number of aromatic nitrogens is 4. The maximum absolute atomic E-state index is 5.50. The van der Waals surface area contributed by atoms with E-state index in [4.69, 9.17) is 9.72 Å². The number of ether oxygens (including phenoxy) is 1. The third kappa shape index (κ3) is 4.59. The van der Waals surface area contributed by atoms with Crippen LogP contribution in [0, 0.1) is 13.8 Å². The molecule has 2 saturated heterocycles. The van der Waals surface area contributed by atoms with Crippen LogP contribution in [0.4, 0.5) is 11.8 Å². The molecule has 0 bridgehead atoms. The summed E-state index contributed by atoms with van der Waals surface area (Å²) < 4.78 is 5.50. The molecule has 1 N–H and O–H groups in total. The van der Waals surface area contributed by atoms with E-state index in [-0.39, 0.29) is 0 Å². The highest BCUT2D eigenvalue weighted by Crippen LogP contribution is 2.29. The van der Waals surface area contributed by atoms with Gasteiger partial charge in [0.1, 0.15) is 0 Å². The highest BCUT2D eigenvalue weighted by molar-refractivity contribution is 5.46. The normalized spacial score (nSPS) is 19.9. The van der Waals surface area contributed by atoms with Crippen LogP contribution in [0.1, 0.15) is 48.7 Å². The first-order chi connectivity index (χ1) is 13.2. The molecule has 7 nitrogen and oxygen atoms in total. The Morgan fingerprint density at radius 1 is 0.963 bits per heavy atom. The Labute approximate surface area is 160 Å². The summed E-state index contributed by atoms with van der Waals surface area (Å²) in [5, 5.41) is 3.21. The van der Waals surface area contributed by atoms with E-state index in [1.165, 1.54) is 12.8 Å². The average Bonchev–Trinajstić information content (AvgIpc) is 2.68. The van der Waals surface area contributed by atoms with Crippen LogP contribution in [-0.2, 0) is 4.74 Å². The predicted octanol–water partition coefficient (Wildman–Crippen LogP) is 2.99. The average molecular weight is 368 g/mol. The Hall–Kier alpha value is -2.12. The monoisotopic (exact) mass is 368 g/mol. The zero-order valence-electron chi connectivity index (χ0n) is 16.2. The highest BCUT2D eigenvalue weighted by atomic mass is 16.5. The Kier molecular flexibility index (Phi) is 5.59. The zero-order chi connectivity index (χ0) is 18.6. The molecular weight excluding hydrogens is 340 g/mol. The van der Waals surface area contributed by atoms with E-state index in [1.807, 2.05) is 26.1 Å². The van der Waals surface area contributed by atoms with Crippen molar-refractivity contribution >= 4 is 11.8 Å². The summed E-state index contributed by atoms with van der Waals surface area (Å²) in [6, 6.07) is 2.65. The molecule has 27 heavy (non-hydrogen) atoms. The number of nitrogens with one attached hydrogen (secondary N) is 1. The van der Waals surface area contributed by atoms with Gasteiger partial charge in [0, 0.05) is 42.8 Å². The number of hydrogen-bond acceptors (Lipinski definition) is 7. The van der Waals surface area contributed by atoms with Crippen molar-refractivity contribution in [3.8, 4) is 0 Å². The van der Waals surface area contributed by atoms with Gasteiger partial charge in [0.05, 0.1) is 11.9 Å². The molecule has 0 saturated carbocycles. The number of nitrogens with zero attached hydrogens (tertiary/aromatic N) is 5. The van der Waals surface area contributed by atoms with Gasteiger partial charge in [0.25, 0.3) is 0 Å². The zero-order valence-corrected chi connectivity index (χ0v) is 16.2. The lowest BCUT2D eigenvalue weighted by Gasteiger charge is -2.39. The van der Waals surface area contributed by atoms with Gasteiger partial charge < -0.3 is 15.0 Å². The van der Waals surface area contributed by atoms with E-state index in [9.17, 15) is 0 Å². The Morgan fingerprint density at radius 2 is 1.67 bits per heavy atom. The predicted molar refractivity (Wildman–Crippen MR) is 104 cm³/mol. The summed E-state index contributed by atoms with van der Waals surface area (Å²) in [6.45, 7) is 8.01. The minimum Gasteiger partial charge on any atom is -0.381 e. The number of aryl methyl sites for hydroxylation is 2. The summed E-state index contributed by atoms with van der Waals surface area (Å²) in [4.78, 5) is 20.7. The summed E-state index contributed by atoms with van der Waals surface area (Å²) in [7, 11) is 0. The maximum atomic E-state index is 5.50. The molecule has 4 rings (SSSR count). The van der Waals surface area contributed by atoms with E-state index >= 15 is 0 Å². The molecule has 144 valence electrons. The van der Waals surface area contributed by atoms with Gasteiger partial charge in [-0.2, -0.15) is 0 Å². The smallest absolute Gasteiger partial charge is 0.228 e. The van der Waals surface area contributed by atoms with E-state index in [1.54, 1.807) is 6.20 Å². The number of likely N-dealkylation sites (tertiary alicyclic amines) is 1. The van der Waals surface area contributed by atoms with Gasteiger partial charge in [-0.15, -0.1) is 0 Å². The van der Waals surface area contributed by atoms with Crippen LogP contribution in [0.25, 0.3) is 0 Å². The van der Waals surface area contributed by atoms with Gasteiger partial charge in [-0.05, 0) is 58.7 Å². The number of hydrogen-bond donors (Lipinski definition) is 1. The fraction of sp³-hybridized carbons (Fsp3) is 0.600. The molecule has 2 fully saturated rings. The minimum absolute atomic E-state index is 0.468. The van der Waals surface area contributed by atoms with Gasteiger partial charge in [-0.3, -0.25) is 4.98 Å². The Morgan fingerprint density at radius 3 is 2.37 bits per heavy atom. The van der Waals surface area contributed by atoms with Crippen LogP contribution in [-0.4, -0.2) is 57.2 Å². The third-order valence-corrected chi connectivity index (χ3v) is 5.53. The molecule has 0 spiro atoms. The number of piperidine rings is 1. The first kappa shape index (κ1) is 18.3. The summed E-state index contributed by atoms with van der Waals surface area (Å²) in [5.41, 5.74) is 2.94. The van der Waals surface area contributed by atoms with Crippen LogP contribution in [0.2, 0.25) is 0 Å². The second-order valence-corrected chi connectivity index (χ2v) is 7.58. The molecule has 0 radical (unpaired) electrons. The van der Waals surface area contributed by atoms with Gasteiger partial charge in [-0.25, -0.2) is 15.0 Å². The highest BCUT2D eigenvalue weighted by Gasteiger charge is 2.27. The maximum Gasteiger partial charge on any atom is 0.228 e. The fourth-order valence-corrected chi connectivity index (χ4v) is 4.15. The van der Waals surface area contributed by atoms with Crippen LogP contribution in [0.15, 0.2) is 18.5 Å². The molecule has 0 amide bonds. The second-order valence-electron chi connectivity index (χ2n) is 7.58. The van der Waals surface area contributed by atoms with Crippen molar-refractivity contribution in [3.63, 3.8) is 0 Å². The van der Waals surface area contributed by atoms with Gasteiger partial charge in [0.2, 0.25) is 5.95 Å². The van der Waals surface area contributed by atoms with E-state index < -0.39 is 0 Å². The molecule has 2 aromatic heterocycles. The molecule has 0 unspecified atom stereocenters. The molecular formula is C20H28N6O. The van der Waals surface area contributed by atoms with E-state index in [0.29, 0.717) is 23.7 Å². The lowest BCUT2D eigenvalue weighted by atomic mass is 9.92. The summed E-state index contributed by atoms with van der Waals surface area (Å²) in [6.07, 6.45) is 8.24. The molecule has 2 aromatic rings. The molecule has 0 aromatic carbocycles. The van der Waals surface area contributed by atoms with Gasteiger partial charge >= 0.3 is 0 Å². The summed E-state index contributed by atoms with van der Waals surface area (Å²) >= 11 is 0. The van der Waals surface area contributed by atoms with Crippen LogP contribution >= 0.6 is 0 Å². The first-order valence-corrected chi connectivity index (χ1v) is 9.90. The largest absolute Gasteiger partial charge is 0.381 e. The second kappa shape index (κ2) is 8.27. The third-order valence-electron chi connectivity index (χ3n) is 5.53. The summed E-state index contributed by atoms with van der Waals surface area (Å²) in [5.74, 6) is 1.76. The molecule has 0 aliphatic carbocycles. The quantitative estimate of drug-likeness (QED) is 0.889. The Bertz CT molecular complexity index is 749. The molecule has 7 heteroatoms. The van der Waals surface area contributed by atoms with E-state index in [2.05, 4.69) is 25.2 Å². The van der Waals surface area contributed by atoms with Crippen molar-refractivity contribution < 1.29 is 4.74 Å². The van der Waals surface area contributed by atoms with Crippen LogP contribution in [0.3, 0.4) is 0 Å². The topological polar surface area (TPSA) is 76.1 Å². The molecule has 0 atom stereocenters. The van der Waals surface area contributed by atoms with Crippen molar-refractivity contribution in [2.45, 2.75) is 51.5 Å². The fourth-order valence-electron chi connectivity index (χ4n) is 4.15. The van der Waals surface area contributed by atoms with E-state index in [0.717, 1.165) is 56.2 Å². The Balaban J connectivity index is 1.39. The minimum atomic E-state index is 0.468. The van der Waals surface area contributed by atoms with Crippen molar-refractivity contribution in [2.75, 3.05) is 31.6 Å². The molecule has 2 aliphatic rings. The van der Waals surface area contributed by atoms with Gasteiger partial charge in [0.15, 0.2) is 5.82 Å². The van der Waals surface area contributed by atoms with Crippen molar-refractivity contribution in [1.82, 2.24) is 24.8 Å².